The maximum absolute atomic E-state index is 12.7. The number of H-pyrrole nitrogens is 1. The molecule has 7 heteroatoms. The fraction of sp³-hybridized carbons (Fsp3) is 0.300. The Morgan fingerprint density at radius 2 is 2.12 bits per heavy atom. The Labute approximate surface area is 93.4 Å². The second kappa shape index (κ2) is 3.92. The molecule has 1 atom stereocenters. The monoisotopic (exact) mass is 246 g/mol. The summed E-state index contributed by atoms with van der Waals surface area (Å²) in [5.74, 6) is -0.690. The van der Waals surface area contributed by atoms with Crippen LogP contribution < -0.4 is 11.1 Å². The van der Waals surface area contributed by atoms with E-state index in [9.17, 15) is 18.0 Å². The van der Waals surface area contributed by atoms with Crippen molar-refractivity contribution >= 4 is 11.1 Å². The van der Waals surface area contributed by atoms with Crippen molar-refractivity contribution in [2.75, 3.05) is 7.05 Å². The van der Waals surface area contributed by atoms with Crippen molar-refractivity contribution in [3.63, 3.8) is 0 Å². The lowest BCUT2D eigenvalue weighted by Gasteiger charge is -2.19. The number of alkyl halides is 3. The lowest BCUT2D eigenvalue weighted by molar-refractivity contribution is -0.156. The molecule has 1 aromatic carbocycles. The summed E-state index contributed by atoms with van der Waals surface area (Å²) < 4.78 is 42.7. The zero-order valence-corrected chi connectivity index (χ0v) is 8.76. The van der Waals surface area contributed by atoms with Gasteiger partial charge in [-0.1, -0.05) is 6.07 Å². The Morgan fingerprint density at radius 1 is 1.41 bits per heavy atom. The molecule has 0 radical (unpaired) electrons. The molecule has 17 heavy (non-hydrogen) atoms. The molecule has 0 saturated heterocycles. The van der Waals surface area contributed by atoms with Crippen LogP contribution in [0.5, 0.6) is 0 Å². The molecule has 0 aliphatic heterocycles. The average Bonchev–Trinajstić information content (AvgIpc) is 2.56. The molecule has 4 nitrogen and oxygen atoms in total. The van der Waals surface area contributed by atoms with Crippen LogP contribution in [0.15, 0.2) is 27.4 Å². The first-order valence-corrected chi connectivity index (χ1v) is 4.78. The van der Waals surface area contributed by atoms with Crippen LogP contribution >= 0.6 is 0 Å². The van der Waals surface area contributed by atoms with Crippen LogP contribution in [0.2, 0.25) is 0 Å². The van der Waals surface area contributed by atoms with E-state index in [1.54, 1.807) is 0 Å². The number of fused-ring (bicyclic) bond motifs is 1. The second-order valence-electron chi connectivity index (χ2n) is 3.53. The first-order chi connectivity index (χ1) is 7.91. The van der Waals surface area contributed by atoms with Gasteiger partial charge in [-0.3, -0.25) is 4.98 Å². The smallest absolute Gasteiger partial charge is 0.408 e. The summed E-state index contributed by atoms with van der Waals surface area (Å²) in [6.07, 6.45) is -4.40. The molecule has 2 rings (SSSR count). The largest absolute Gasteiger partial charge is 0.417 e. The number of aromatic nitrogens is 1. The van der Waals surface area contributed by atoms with Gasteiger partial charge in [0.15, 0.2) is 5.58 Å². The minimum Gasteiger partial charge on any atom is -0.408 e. The van der Waals surface area contributed by atoms with E-state index in [1.807, 2.05) is 0 Å². The minimum absolute atomic E-state index is 0.0181. The molecule has 0 saturated carbocycles. The van der Waals surface area contributed by atoms with E-state index in [2.05, 4.69) is 10.3 Å². The molecule has 0 aliphatic rings. The van der Waals surface area contributed by atoms with E-state index >= 15 is 0 Å². The summed E-state index contributed by atoms with van der Waals surface area (Å²) >= 11 is 0. The summed E-state index contributed by atoms with van der Waals surface area (Å²) in [6, 6.07) is 2.08. The zero-order valence-electron chi connectivity index (χ0n) is 8.76. The molecular weight excluding hydrogens is 237 g/mol. The Morgan fingerprint density at radius 3 is 2.71 bits per heavy atom. The van der Waals surface area contributed by atoms with Crippen molar-refractivity contribution in [3.8, 4) is 0 Å². The SMILES string of the molecule is CNC(c1ccc2oc(=O)[nH]c2c1)C(F)(F)F. The number of halogens is 3. The number of nitrogens with one attached hydrogen (secondary N) is 2. The van der Waals surface area contributed by atoms with Crippen LogP contribution in [0.3, 0.4) is 0 Å². The van der Waals surface area contributed by atoms with Crippen molar-refractivity contribution in [1.82, 2.24) is 10.3 Å². The zero-order chi connectivity index (χ0) is 12.6. The van der Waals surface area contributed by atoms with Crippen LogP contribution in [0.25, 0.3) is 11.1 Å². The van der Waals surface area contributed by atoms with E-state index in [1.165, 1.54) is 25.2 Å². The summed E-state index contributed by atoms with van der Waals surface area (Å²) in [4.78, 5) is 13.2. The van der Waals surface area contributed by atoms with E-state index in [0.29, 0.717) is 0 Å². The third kappa shape index (κ3) is 2.19. The normalized spacial score (nSPS) is 14.1. The molecule has 92 valence electrons. The van der Waals surface area contributed by atoms with E-state index in [-0.39, 0.29) is 16.7 Å². The van der Waals surface area contributed by atoms with Gasteiger partial charge in [-0.15, -0.1) is 0 Å². The van der Waals surface area contributed by atoms with Gasteiger partial charge in [-0.25, -0.2) is 4.79 Å². The highest BCUT2D eigenvalue weighted by atomic mass is 19.4. The van der Waals surface area contributed by atoms with Gasteiger partial charge in [0.2, 0.25) is 0 Å². The van der Waals surface area contributed by atoms with Crippen molar-refractivity contribution in [3.05, 3.63) is 34.3 Å². The van der Waals surface area contributed by atoms with Gasteiger partial charge >= 0.3 is 11.9 Å². The first-order valence-electron chi connectivity index (χ1n) is 4.78. The first kappa shape index (κ1) is 11.7. The molecule has 0 spiro atoms. The molecular formula is C10H9F3N2O2. The second-order valence-corrected chi connectivity index (χ2v) is 3.53. The van der Waals surface area contributed by atoms with Crippen LogP contribution in [-0.4, -0.2) is 18.2 Å². The lowest BCUT2D eigenvalue weighted by atomic mass is 10.1. The molecule has 0 amide bonds. The molecule has 2 N–H and O–H groups in total. The van der Waals surface area contributed by atoms with Gasteiger partial charge in [-0.05, 0) is 24.7 Å². The summed E-state index contributed by atoms with van der Waals surface area (Å²) in [5.41, 5.74) is 0.498. The topological polar surface area (TPSA) is 58.0 Å². The maximum Gasteiger partial charge on any atom is 0.417 e. The number of aromatic amines is 1. The highest BCUT2D eigenvalue weighted by Gasteiger charge is 2.39. The average molecular weight is 246 g/mol. The Hall–Kier alpha value is -1.76. The van der Waals surface area contributed by atoms with Gasteiger partial charge in [0, 0.05) is 0 Å². The van der Waals surface area contributed by atoms with Crippen LogP contribution in [-0.2, 0) is 0 Å². The summed E-state index contributed by atoms with van der Waals surface area (Å²) in [6.45, 7) is 0. The number of rotatable bonds is 2. The van der Waals surface area contributed by atoms with Gasteiger partial charge in [0.25, 0.3) is 0 Å². The standard InChI is InChI=1S/C10H9F3N2O2/c1-14-8(10(11,12)13)5-2-3-7-6(4-5)15-9(16)17-7/h2-4,8,14H,1H3,(H,15,16). The number of oxazole rings is 1. The van der Waals surface area contributed by atoms with Crippen molar-refractivity contribution in [2.24, 2.45) is 0 Å². The number of benzene rings is 1. The van der Waals surface area contributed by atoms with Crippen LogP contribution in [0, 0.1) is 0 Å². The predicted molar refractivity (Wildman–Crippen MR) is 54.7 cm³/mol. The Balaban J connectivity index is 2.51. The Kier molecular flexibility index (Phi) is 2.70. The van der Waals surface area contributed by atoms with Crippen molar-refractivity contribution < 1.29 is 17.6 Å². The van der Waals surface area contributed by atoms with Gasteiger partial charge in [0.1, 0.15) is 6.04 Å². The molecule has 0 bridgehead atoms. The minimum atomic E-state index is -4.40. The van der Waals surface area contributed by atoms with E-state index in [4.69, 9.17) is 4.42 Å². The fourth-order valence-corrected chi connectivity index (χ4v) is 1.67. The maximum atomic E-state index is 12.7. The lowest BCUT2D eigenvalue weighted by Crippen LogP contribution is -2.31. The van der Waals surface area contributed by atoms with Gasteiger partial charge < -0.3 is 9.73 Å². The van der Waals surface area contributed by atoms with E-state index < -0.39 is 18.0 Å². The molecule has 0 aliphatic carbocycles. The fourth-order valence-electron chi connectivity index (χ4n) is 1.67. The number of hydrogen-bond acceptors (Lipinski definition) is 3. The quantitative estimate of drug-likeness (QED) is 0.851. The Bertz CT molecular complexity index is 585. The highest BCUT2D eigenvalue weighted by molar-refractivity contribution is 5.73. The summed E-state index contributed by atoms with van der Waals surface area (Å²) in [7, 11) is 1.22. The summed E-state index contributed by atoms with van der Waals surface area (Å²) in [5, 5.41) is 2.18. The molecule has 2 aromatic rings. The molecule has 1 unspecified atom stereocenters. The molecule has 1 heterocycles. The van der Waals surface area contributed by atoms with Gasteiger partial charge in [-0.2, -0.15) is 13.2 Å². The highest BCUT2D eigenvalue weighted by Crippen LogP contribution is 2.33. The predicted octanol–water partition coefficient (Wildman–Crippen LogP) is 1.94. The number of hydrogen-bond donors (Lipinski definition) is 2. The van der Waals surface area contributed by atoms with Crippen molar-refractivity contribution in [2.45, 2.75) is 12.2 Å². The third-order valence-electron chi connectivity index (χ3n) is 2.39. The van der Waals surface area contributed by atoms with Crippen LogP contribution in [0.1, 0.15) is 11.6 Å². The molecule has 1 aromatic heterocycles. The van der Waals surface area contributed by atoms with Gasteiger partial charge in [0.05, 0.1) is 5.52 Å². The third-order valence-corrected chi connectivity index (χ3v) is 2.39. The van der Waals surface area contributed by atoms with Crippen LogP contribution in [0.4, 0.5) is 13.2 Å². The molecule has 0 fully saturated rings. The van der Waals surface area contributed by atoms with E-state index in [0.717, 1.165) is 0 Å². The van der Waals surface area contributed by atoms with Crippen molar-refractivity contribution in [1.29, 1.82) is 0 Å².